The lowest BCUT2D eigenvalue weighted by Gasteiger charge is -2.22. The summed E-state index contributed by atoms with van der Waals surface area (Å²) in [5.41, 5.74) is 2.65. The molecule has 29 heavy (non-hydrogen) atoms. The molecule has 0 saturated carbocycles. The van der Waals surface area contributed by atoms with Gasteiger partial charge >= 0.3 is 0 Å². The van der Waals surface area contributed by atoms with E-state index >= 15 is 0 Å². The fourth-order valence-corrected chi connectivity index (χ4v) is 4.67. The number of halogens is 2. The zero-order valence-corrected chi connectivity index (χ0v) is 17.4. The highest BCUT2D eigenvalue weighted by molar-refractivity contribution is 7.16. The van der Waals surface area contributed by atoms with Crippen LogP contribution in [-0.4, -0.2) is 30.6 Å². The summed E-state index contributed by atoms with van der Waals surface area (Å²) < 4.78 is 14.0. The lowest BCUT2D eigenvalue weighted by molar-refractivity contribution is 0.102. The molecule has 0 atom stereocenters. The van der Waals surface area contributed by atoms with Gasteiger partial charge in [-0.3, -0.25) is 4.79 Å². The molecule has 1 aliphatic heterocycles. The molecular weight excluding hydrogens is 409 g/mol. The van der Waals surface area contributed by atoms with Gasteiger partial charge in [0.15, 0.2) is 0 Å². The Kier molecular flexibility index (Phi) is 5.76. The van der Waals surface area contributed by atoms with Crippen molar-refractivity contribution in [2.24, 2.45) is 4.99 Å². The number of nitrogens with zero attached hydrogens (tertiary/aromatic N) is 2. The van der Waals surface area contributed by atoms with Crippen LogP contribution in [0.4, 0.5) is 15.1 Å². The van der Waals surface area contributed by atoms with Gasteiger partial charge in [-0.25, -0.2) is 9.38 Å². The first-order valence-corrected chi connectivity index (χ1v) is 10.4. The van der Waals surface area contributed by atoms with E-state index in [1.54, 1.807) is 42.5 Å². The van der Waals surface area contributed by atoms with Gasteiger partial charge in [0.05, 0.1) is 5.56 Å². The number of fused-ring (bicyclic) bond motifs is 1. The van der Waals surface area contributed by atoms with Crippen molar-refractivity contribution in [2.45, 2.75) is 13.0 Å². The number of carbonyl (C=O) groups is 1. The molecule has 4 rings (SSSR count). The normalized spacial score (nSPS) is 14.2. The summed E-state index contributed by atoms with van der Waals surface area (Å²) in [7, 11) is 2.05. The monoisotopic (exact) mass is 427 g/mol. The average molecular weight is 428 g/mol. The Labute approximate surface area is 177 Å². The average Bonchev–Trinajstić information content (AvgIpc) is 3.06. The van der Waals surface area contributed by atoms with Gasteiger partial charge in [0.1, 0.15) is 10.8 Å². The van der Waals surface area contributed by atoms with Crippen LogP contribution in [0.1, 0.15) is 26.4 Å². The van der Waals surface area contributed by atoms with E-state index in [4.69, 9.17) is 11.6 Å². The van der Waals surface area contributed by atoms with E-state index in [9.17, 15) is 9.18 Å². The number of carbonyl (C=O) groups excluding carboxylic acids is 1. The first-order chi connectivity index (χ1) is 14.0. The second kappa shape index (κ2) is 8.45. The number of nitrogens with one attached hydrogen (secondary N) is 1. The Morgan fingerprint density at radius 2 is 2.00 bits per heavy atom. The van der Waals surface area contributed by atoms with Crippen molar-refractivity contribution in [3.8, 4) is 0 Å². The molecule has 1 aliphatic rings. The molecule has 0 saturated heterocycles. The molecule has 1 aromatic heterocycles. The minimum absolute atomic E-state index is 0.213. The molecule has 0 aliphatic carbocycles. The maximum atomic E-state index is 14.0. The van der Waals surface area contributed by atoms with E-state index in [1.165, 1.54) is 23.6 Å². The summed E-state index contributed by atoms with van der Waals surface area (Å²) in [5.74, 6) is -0.556. The summed E-state index contributed by atoms with van der Waals surface area (Å²) in [4.78, 5) is 20.9. The lowest BCUT2D eigenvalue weighted by Crippen LogP contribution is -2.26. The van der Waals surface area contributed by atoms with E-state index in [0.717, 1.165) is 30.0 Å². The van der Waals surface area contributed by atoms with E-state index in [2.05, 4.69) is 22.3 Å². The highest BCUT2D eigenvalue weighted by Gasteiger charge is 2.27. The highest BCUT2D eigenvalue weighted by Crippen LogP contribution is 2.39. The zero-order valence-electron chi connectivity index (χ0n) is 15.8. The van der Waals surface area contributed by atoms with Crippen molar-refractivity contribution in [2.75, 3.05) is 18.9 Å². The van der Waals surface area contributed by atoms with Gasteiger partial charge in [-0.05, 0) is 49.4 Å². The number of rotatable bonds is 4. The molecule has 0 bridgehead atoms. The van der Waals surface area contributed by atoms with Crippen LogP contribution in [-0.2, 0) is 13.0 Å². The van der Waals surface area contributed by atoms with Crippen molar-refractivity contribution in [3.05, 3.63) is 80.9 Å². The number of benzene rings is 2. The molecule has 2 heterocycles. The molecule has 3 aromatic rings. The number of likely N-dealkylation sites (N-methyl/N-ethyl adjacent to an activating group) is 1. The number of hydrogen-bond donors (Lipinski definition) is 1. The minimum Gasteiger partial charge on any atom is -0.322 e. The highest BCUT2D eigenvalue weighted by atomic mass is 35.5. The third kappa shape index (κ3) is 4.40. The maximum absolute atomic E-state index is 14.0. The number of amides is 1. The summed E-state index contributed by atoms with van der Waals surface area (Å²) in [6.45, 7) is 1.65. The van der Waals surface area contributed by atoms with Gasteiger partial charge < -0.3 is 10.2 Å². The van der Waals surface area contributed by atoms with Crippen molar-refractivity contribution in [1.29, 1.82) is 0 Å². The van der Waals surface area contributed by atoms with Gasteiger partial charge in [-0.15, -0.1) is 11.3 Å². The standard InChI is InChI=1S/C22H19ClFN3OS/c1-27-11-10-17-19(13-27)29-22(25-12-14-4-2-3-5-18(14)24)20(17)21(28)26-16-8-6-15(23)7-9-16/h2-9,12H,10-11,13H2,1H3,(H,26,28)/b25-12+. The number of aliphatic imine (C=N–C) groups is 1. The van der Waals surface area contributed by atoms with Gasteiger partial charge in [0, 0.05) is 40.5 Å². The molecule has 1 N–H and O–H groups in total. The topological polar surface area (TPSA) is 44.7 Å². The summed E-state index contributed by atoms with van der Waals surface area (Å²) >= 11 is 7.42. The van der Waals surface area contributed by atoms with Crippen molar-refractivity contribution < 1.29 is 9.18 Å². The van der Waals surface area contributed by atoms with E-state index in [1.807, 2.05) is 0 Å². The fourth-order valence-electron chi connectivity index (χ4n) is 3.28. The SMILES string of the molecule is CN1CCc2c(sc(/N=C/c3ccccc3F)c2C(=O)Nc2ccc(Cl)cc2)C1. The Bertz CT molecular complexity index is 1080. The molecule has 0 radical (unpaired) electrons. The maximum Gasteiger partial charge on any atom is 0.259 e. The molecule has 2 aromatic carbocycles. The molecule has 148 valence electrons. The molecular formula is C22H19ClFN3OS. The minimum atomic E-state index is -0.343. The quantitative estimate of drug-likeness (QED) is 0.556. The molecule has 1 amide bonds. The molecule has 0 unspecified atom stereocenters. The number of hydrogen-bond acceptors (Lipinski definition) is 4. The predicted molar refractivity (Wildman–Crippen MR) is 117 cm³/mol. The third-order valence-corrected chi connectivity index (χ3v) is 6.16. The van der Waals surface area contributed by atoms with E-state index in [-0.39, 0.29) is 11.7 Å². The van der Waals surface area contributed by atoms with Crippen molar-refractivity contribution >= 4 is 45.7 Å². The van der Waals surface area contributed by atoms with Crippen LogP contribution in [0.2, 0.25) is 5.02 Å². The largest absolute Gasteiger partial charge is 0.322 e. The van der Waals surface area contributed by atoms with Crippen LogP contribution < -0.4 is 5.32 Å². The van der Waals surface area contributed by atoms with Gasteiger partial charge in [-0.2, -0.15) is 0 Å². The van der Waals surface area contributed by atoms with Crippen molar-refractivity contribution in [1.82, 2.24) is 4.90 Å². The number of thiophene rings is 1. The van der Waals surface area contributed by atoms with Crippen molar-refractivity contribution in [3.63, 3.8) is 0 Å². The summed E-state index contributed by atoms with van der Waals surface area (Å²) in [5, 5.41) is 4.13. The van der Waals surface area contributed by atoms with Crippen LogP contribution in [0.5, 0.6) is 0 Å². The van der Waals surface area contributed by atoms with Crippen LogP contribution in [0.15, 0.2) is 53.5 Å². The first kappa shape index (κ1) is 19.8. The van der Waals surface area contributed by atoms with Gasteiger partial charge in [-0.1, -0.05) is 29.8 Å². The van der Waals surface area contributed by atoms with Crippen LogP contribution in [0.25, 0.3) is 0 Å². The molecule has 4 nitrogen and oxygen atoms in total. The Morgan fingerprint density at radius 3 is 2.76 bits per heavy atom. The van der Waals surface area contributed by atoms with Crippen LogP contribution in [0.3, 0.4) is 0 Å². The zero-order chi connectivity index (χ0) is 20.4. The smallest absolute Gasteiger partial charge is 0.259 e. The summed E-state index contributed by atoms with van der Waals surface area (Å²) in [6.07, 6.45) is 2.26. The lowest BCUT2D eigenvalue weighted by atomic mass is 10.0. The third-order valence-electron chi connectivity index (χ3n) is 4.78. The van der Waals surface area contributed by atoms with Gasteiger partial charge in [0.25, 0.3) is 5.91 Å². The molecule has 0 spiro atoms. The first-order valence-electron chi connectivity index (χ1n) is 9.20. The van der Waals surface area contributed by atoms with E-state index in [0.29, 0.717) is 26.8 Å². The number of anilines is 1. The Hall–Kier alpha value is -2.54. The predicted octanol–water partition coefficient (Wildman–Crippen LogP) is 5.53. The van der Waals surface area contributed by atoms with Gasteiger partial charge in [0.2, 0.25) is 0 Å². The second-order valence-electron chi connectivity index (χ2n) is 6.91. The molecule has 0 fully saturated rings. The van der Waals surface area contributed by atoms with Crippen LogP contribution in [0, 0.1) is 5.82 Å². The van der Waals surface area contributed by atoms with E-state index < -0.39 is 0 Å². The fraction of sp³-hybridized carbons (Fsp3) is 0.182. The Balaban J connectivity index is 1.70. The summed E-state index contributed by atoms with van der Waals surface area (Å²) in [6, 6.07) is 13.4. The Morgan fingerprint density at radius 1 is 1.24 bits per heavy atom. The second-order valence-corrected chi connectivity index (χ2v) is 8.43. The van der Waals surface area contributed by atoms with Crippen LogP contribution >= 0.6 is 22.9 Å². The molecule has 7 heteroatoms.